The molecule has 3 aromatic rings. The Labute approximate surface area is 128 Å². The molecular formula is C14H11F3N4O2. The molecule has 2 aromatic heterocycles. The Morgan fingerprint density at radius 2 is 2.00 bits per heavy atom. The second-order valence-electron chi connectivity index (χ2n) is 4.86. The number of halogens is 3. The Morgan fingerprint density at radius 3 is 2.70 bits per heavy atom. The molecule has 0 aliphatic heterocycles. The number of hydrogen-bond acceptors (Lipinski definition) is 5. The van der Waals surface area contributed by atoms with E-state index in [4.69, 9.17) is 0 Å². The van der Waals surface area contributed by atoms with Crippen LogP contribution in [0, 0.1) is 12.7 Å². The topological polar surface area (TPSA) is 72.5 Å². The second kappa shape index (κ2) is 5.20. The van der Waals surface area contributed by atoms with E-state index in [0.717, 1.165) is 17.6 Å². The molecule has 0 bridgehead atoms. The van der Waals surface area contributed by atoms with Crippen LogP contribution < -0.4 is 0 Å². The molecule has 9 heteroatoms. The fourth-order valence-electron chi connectivity index (χ4n) is 2.17. The van der Waals surface area contributed by atoms with E-state index >= 15 is 0 Å². The lowest BCUT2D eigenvalue weighted by Gasteiger charge is -2.12. The minimum atomic E-state index is -3.63. The highest BCUT2D eigenvalue weighted by molar-refractivity contribution is 5.65. The standard InChI is InChI=1S/C14H11F3N4O2/c1-7-3-11(22)9(15)4-8(7)10-6-21-12(5-18-10)19-20-13(21)14(16,17)23-2/h3-6,22H,1-2H3. The maximum absolute atomic E-state index is 13.7. The van der Waals surface area contributed by atoms with E-state index in [-0.39, 0.29) is 11.3 Å². The molecule has 0 aliphatic rings. The van der Waals surface area contributed by atoms with Crippen molar-refractivity contribution in [2.75, 3.05) is 7.11 Å². The average Bonchev–Trinajstić information content (AvgIpc) is 2.94. The third kappa shape index (κ3) is 2.48. The largest absolute Gasteiger partial charge is 0.505 e. The van der Waals surface area contributed by atoms with Gasteiger partial charge in [0.15, 0.2) is 17.2 Å². The molecule has 0 spiro atoms. The minimum absolute atomic E-state index is 0.0948. The summed E-state index contributed by atoms with van der Waals surface area (Å²) in [6, 6.07) is 2.31. The first kappa shape index (κ1) is 15.2. The molecule has 0 amide bonds. The number of alkyl halides is 2. The molecule has 0 fully saturated rings. The van der Waals surface area contributed by atoms with Gasteiger partial charge in [0.2, 0.25) is 5.82 Å². The van der Waals surface area contributed by atoms with Gasteiger partial charge in [-0.3, -0.25) is 9.38 Å². The maximum Gasteiger partial charge on any atom is 0.417 e. The molecule has 120 valence electrons. The van der Waals surface area contributed by atoms with Crippen LogP contribution in [-0.4, -0.2) is 31.8 Å². The SMILES string of the molecule is COC(F)(F)c1nnc2cnc(-c3cc(F)c(O)cc3C)cn12. The van der Waals surface area contributed by atoms with Crippen molar-refractivity contribution in [3.8, 4) is 17.0 Å². The van der Waals surface area contributed by atoms with Crippen LogP contribution in [0.2, 0.25) is 0 Å². The molecule has 0 radical (unpaired) electrons. The number of nitrogens with zero attached hydrogens (tertiary/aromatic N) is 4. The zero-order valence-electron chi connectivity index (χ0n) is 12.1. The second-order valence-corrected chi connectivity index (χ2v) is 4.86. The number of aromatic hydroxyl groups is 1. The minimum Gasteiger partial charge on any atom is -0.505 e. The van der Waals surface area contributed by atoms with E-state index in [1.807, 2.05) is 0 Å². The predicted molar refractivity (Wildman–Crippen MR) is 73.5 cm³/mol. The van der Waals surface area contributed by atoms with E-state index in [1.54, 1.807) is 6.92 Å². The molecule has 23 heavy (non-hydrogen) atoms. The van der Waals surface area contributed by atoms with Gasteiger partial charge in [-0.2, -0.15) is 8.78 Å². The smallest absolute Gasteiger partial charge is 0.417 e. The third-order valence-corrected chi connectivity index (χ3v) is 3.38. The summed E-state index contributed by atoms with van der Waals surface area (Å²) in [5.74, 6) is -2.04. The number of methoxy groups -OCH3 is 1. The highest BCUT2D eigenvalue weighted by atomic mass is 19.3. The number of rotatable bonds is 3. The lowest BCUT2D eigenvalue weighted by atomic mass is 10.1. The lowest BCUT2D eigenvalue weighted by Crippen LogP contribution is -2.19. The van der Waals surface area contributed by atoms with Crippen molar-refractivity contribution in [3.05, 3.63) is 41.7 Å². The summed E-state index contributed by atoms with van der Waals surface area (Å²) >= 11 is 0. The Morgan fingerprint density at radius 1 is 1.26 bits per heavy atom. The molecule has 0 atom stereocenters. The van der Waals surface area contributed by atoms with Crippen molar-refractivity contribution >= 4 is 5.65 Å². The lowest BCUT2D eigenvalue weighted by molar-refractivity contribution is -0.237. The van der Waals surface area contributed by atoms with Gasteiger partial charge in [0.25, 0.3) is 0 Å². The van der Waals surface area contributed by atoms with E-state index in [2.05, 4.69) is 19.9 Å². The molecule has 1 aromatic carbocycles. The van der Waals surface area contributed by atoms with Crippen molar-refractivity contribution in [1.29, 1.82) is 0 Å². The first-order chi connectivity index (χ1) is 10.8. The molecule has 0 unspecified atom stereocenters. The number of aryl methyl sites for hydroxylation is 1. The van der Waals surface area contributed by atoms with E-state index < -0.39 is 23.5 Å². The number of hydrogen-bond donors (Lipinski definition) is 1. The Balaban J connectivity index is 2.21. The molecule has 0 saturated heterocycles. The van der Waals surface area contributed by atoms with Gasteiger partial charge in [0, 0.05) is 18.9 Å². The Kier molecular flexibility index (Phi) is 3.44. The summed E-state index contributed by atoms with van der Waals surface area (Å²) in [7, 11) is 0.850. The average molecular weight is 324 g/mol. The molecular weight excluding hydrogens is 313 g/mol. The summed E-state index contributed by atoms with van der Waals surface area (Å²) in [5.41, 5.74) is 1.20. The van der Waals surface area contributed by atoms with E-state index in [1.165, 1.54) is 18.5 Å². The Bertz CT molecular complexity index is 895. The van der Waals surface area contributed by atoms with Crippen LogP contribution >= 0.6 is 0 Å². The van der Waals surface area contributed by atoms with Gasteiger partial charge in [-0.05, 0) is 24.6 Å². The predicted octanol–water partition coefficient (Wildman–Crippen LogP) is 2.64. The first-order valence-corrected chi connectivity index (χ1v) is 6.47. The summed E-state index contributed by atoms with van der Waals surface area (Å²) < 4.78 is 46.2. The number of phenols is 1. The van der Waals surface area contributed by atoms with Crippen molar-refractivity contribution < 1.29 is 23.0 Å². The fraction of sp³-hybridized carbons (Fsp3) is 0.214. The van der Waals surface area contributed by atoms with Crippen LogP contribution in [0.25, 0.3) is 16.9 Å². The van der Waals surface area contributed by atoms with Crippen molar-refractivity contribution in [2.45, 2.75) is 13.0 Å². The quantitative estimate of drug-likeness (QED) is 0.802. The van der Waals surface area contributed by atoms with Crippen LogP contribution in [0.3, 0.4) is 0 Å². The van der Waals surface area contributed by atoms with Crippen LogP contribution in [0.1, 0.15) is 11.4 Å². The van der Waals surface area contributed by atoms with Crippen LogP contribution in [0.15, 0.2) is 24.5 Å². The summed E-state index contributed by atoms with van der Waals surface area (Å²) in [5, 5.41) is 16.4. The molecule has 0 aliphatic carbocycles. The van der Waals surface area contributed by atoms with Crippen LogP contribution in [-0.2, 0) is 10.8 Å². The third-order valence-electron chi connectivity index (χ3n) is 3.38. The van der Waals surface area contributed by atoms with Gasteiger partial charge in [-0.1, -0.05) is 0 Å². The zero-order valence-corrected chi connectivity index (χ0v) is 12.1. The summed E-state index contributed by atoms with van der Waals surface area (Å²) in [6.07, 6.45) is -1.13. The van der Waals surface area contributed by atoms with Crippen LogP contribution in [0.4, 0.5) is 13.2 Å². The van der Waals surface area contributed by atoms with Crippen molar-refractivity contribution in [2.24, 2.45) is 0 Å². The fourth-order valence-corrected chi connectivity index (χ4v) is 2.17. The summed E-state index contributed by atoms with van der Waals surface area (Å²) in [4.78, 5) is 4.07. The number of benzene rings is 1. The van der Waals surface area contributed by atoms with Gasteiger partial charge in [-0.15, -0.1) is 10.2 Å². The van der Waals surface area contributed by atoms with Crippen LogP contribution in [0.5, 0.6) is 5.75 Å². The molecule has 1 N–H and O–H groups in total. The normalized spacial score (nSPS) is 12.0. The molecule has 0 saturated carbocycles. The molecule has 3 rings (SSSR count). The van der Waals surface area contributed by atoms with E-state index in [9.17, 15) is 18.3 Å². The number of ether oxygens (including phenoxy) is 1. The van der Waals surface area contributed by atoms with Gasteiger partial charge in [0.05, 0.1) is 11.9 Å². The molecule has 2 heterocycles. The number of aromatic nitrogens is 4. The highest BCUT2D eigenvalue weighted by Gasteiger charge is 2.37. The van der Waals surface area contributed by atoms with Gasteiger partial charge in [0.1, 0.15) is 0 Å². The monoisotopic (exact) mass is 324 g/mol. The van der Waals surface area contributed by atoms with Crippen molar-refractivity contribution in [1.82, 2.24) is 19.6 Å². The Hall–Kier alpha value is -2.68. The van der Waals surface area contributed by atoms with Crippen molar-refractivity contribution in [3.63, 3.8) is 0 Å². The zero-order chi connectivity index (χ0) is 16.8. The number of fused-ring (bicyclic) bond motifs is 1. The van der Waals surface area contributed by atoms with Gasteiger partial charge in [-0.25, -0.2) is 4.39 Å². The first-order valence-electron chi connectivity index (χ1n) is 6.47. The summed E-state index contributed by atoms with van der Waals surface area (Å²) in [6.45, 7) is 1.64. The highest BCUT2D eigenvalue weighted by Crippen LogP contribution is 2.30. The van der Waals surface area contributed by atoms with Gasteiger partial charge < -0.3 is 9.84 Å². The molecule has 6 nitrogen and oxygen atoms in total. The maximum atomic E-state index is 13.7. The number of phenolic OH excluding ortho intramolecular Hbond substituents is 1. The van der Waals surface area contributed by atoms with E-state index in [0.29, 0.717) is 11.1 Å². The van der Waals surface area contributed by atoms with Gasteiger partial charge >= 0.3 is 6.11 Å².